The first-order valence-corrected chi connectivity index (χ1v) is 10.5. The molecule has 31 heavy (non-hydrogen) atoms. The van der Waals surface area contributed by atoms with Crippen molar-refractivity contribution in [1.29, 1.82) is 5.41 Å². The number of hydrogen-bond donors (Lipinski definition) is 5. The fraction of sp³-hybridized carbons (Fsp3) is 0.429. The number of H-pyrrole nitrogens is 1. The molecule has 10 nitrogen and oxygen atoms in total. The number of hydrogen-bond acceptors (Lipinski definition) is 8. The highest BCUT2D eigenvalue weighted by molar-refractivity contribution is 6.10. The Morgan fingerprint density at radius 2 is 2.13 bits per heavy atom. The molecule has 0 aromatic carbocycles. The summed E-state index contributed by atoms with van der Waals surface area (Å²) in [6.07, 6.45) is 7.18. The topological polar surface area (TPSA) is 155 Å². The normalized spacial score (nSPS) is 22.8. The summed E-state index contributed by atoms with van der Waals surface area (Å²) in [4.78, 5) is 18.5. The summed E-state index contributed by atoms with van der Waals surface area (Å²) < 4.78 is 5.80. The van der Waals surface area contributed by atoms with E-state index in [0.29, 0.717) is 5.69 Å². The van der Waals surface area contributed by atoms with Crippen molar-refractivity contribution in [2.24, 2.45) is 11.1 Å². The second-order valence-corrected chi connectivity index (χ2v) is 8.45. The van der Waals surface area contributed by atoms with Crippen molar-refractivity contribution < 1.29 is 4.74 Å². The molecule has 0 unspecified atom stereocenters. The third-order valence-corrected chi connectivity index (χ3v) is 6.67. The Hall–Kier alpha value is -3.24. The van der Waals surface area contributed by atoms with E-state index in [9.17, 15) is 0 Å². The fourth-order valence-electron chi connectivity index (χ4n) is 4.66. The molecule has 2 saturated heterocycles. The van der Waals surface area contributed by atoms with E-state index in [1.54, 1.807) is 12.4 Å². The first kappa shape index (κ1) is 19.7. The van der Waals surface area contributed by atoms with Gasteiger partial charge in [-0.3, -0.25) is 5.41 Å². The van der Waals surface area contributed by atoms with Gasteiger partial charge in [0.05, 0.1) is 24.6 Å². The maximum atomic E-state index is 8.44. The van der Waals surface area contributed by atoms with Gasteiger partial charge in [0.2, 0.25) is 0 Å². The average molecular weight is 422 g/mol. The second kappa shape index (κ2) is 7.47. The number of fused-ring (bicyclic) bond motifs is 1. The Bertz CT molecular complexity index is 1120. The lowest BCUT2D eigenvalue weighted by atomic mass is 9.73. The summed E-state index contributed by atoms with van der Waals surface area (Å²) in [5, 5.41) is 12.4. The number of nitrogens with one attached hydrogen (secondary N) is 3. The van der Waals surface area contributed by atoms with Crippen LogP contribution in [0.5, 0.6) is 0 Å². The SMILES string of the molecule is C[C@@H]1OCC2(CCN(c3cnc(C(=N)Nc4ccnc5[nH]ccc45)c(N)n3)CC2)[C@@H]1N. The minimum atomic E-state index is 0.0506. The van der Waals surface area contributed by atoms with E-state index in [-0.39, 0.29) is 29.2 Å². The van der Waals surface area contributed by atoms with Crippen molar-refractivity contribution >= 4 is 34.2 Å². The van der Waals surface area contributed by atoms with Crippen LogP contribution in [-0.2, 0) is 4.74 Å². The smallest absolute Gasteiger partial charge is 0.155 e. The van der Waals surface area contributed by atoms with Crippen LogP contribution in [-0.4, -0.2) is 57.6 Å². The third kappa shape index (κ3) is 3.37. The lowest BCUT2D eigenvalue weighted by Crippen LogP contribution is -2.50. The minimum absolute atomic E-state index is 0.0506. The van der Waals surface area contributed by atoms with Crippen LogP contribution in [0.25, 0.3) is 11.0 Å². The van der Waals surface area contributed by atoms with Crippen molar-refractivity contribution in [2.45, 2.75) is 31.9 Å². The van der Waals surface area contributed by atoms with E-state index < -0.39 is 0 Å². The molecule has 0 amide bonds. The summed E-state index contributed by atoms with van der Waals surface area (Å²) >= 11 is 0. The molecule has 7 N–H and O–H groups in total. The van der Waals surface area contributed by atoms with Crippen molar-refractivity contribution in [3.63, 3.8) is 0 Å². The predicted molar refractivity (Wildman–Crippen MR) is 120 cm³/mol. The van der Waals surface area contributed by atoms with Crippen LogP contribution in [0.1, 0.15) is 25.5 Å². The fourth-order valence-corrected chi connectivity index (χ4v) is 4.66. The van der Waals surface area contributed by atoms with Gasteiger partial charge in [-0.2, -0.15) is 0 Å². The number of nitrogen functional groups attached to an aromatic ring is 1. The monoisotopic (exact) mass is 421 g/mol. The number of nitrogens with two attached hydrogens (primary N) is 2. The van der Waals surface area contributed by atoms with E-state index in [1.165, 1.54) is 0 Å². The summed E-state index contributed by atoms with van der Waals surface area (Å²) in [5.74, 6) is 1.04. The van der Waals surface area contributed by atoms with Crippen LogP contribution >= 0.6 is 0 Å². The Balaban J connectivity index is 1.29. The average Bonchev–Trinajstić information content (AvgIpc) is 3.36. The predicted octanol–water partition coefficient (Wildman–Crippen LogP) is 1.71. The van der Waals surface area contributed by atoms with Crippen LogP contribution in [0.3, 0.4) is 0 Å². The van der Waals surface area contributed by atoms with Crippen LogP contribution in [0.15, 0.2) is 30.7 Å². The van der Waals surface area contributed by atoms with E-state index in [1.807, 2.05) is 25.3 Å². The Kier molecular flexibility index (Phi) is 4.75. The molecule has 2 fully saturated rings. The zero-order valence-corrected chi connectivity index (χ0v) is 17.4. The molecule has 0 bridgehead atoms. The summed E-state index contributed by atoms with van der Waals surface area (Å²) in [6.45, 7) is 4.43. The van der Waals surface area contributed by atoms with E-state index in [0.717, 1.165) is 55.1 Å². The zero-order valence-electron chi connectivity index (χ0n) is 17.4. The number of amidine groups is 1. The number of ether oxygens (including phenoxy) is 1. The minimum Gasteiger partial charge on any atom is -0.382 e. The van der Waals surface area contributed by atoms with Gasteiger partial charge in [-0.05, 0) is 31.9 Å². The van der Waals surface area contributed by atoms with Crippen molar-refractivity contribution in [2.75, 3.05) is 35.6 Å². The zero-order chi connectivity index (χ0) is 21.6. The highest BCUT2D eigenvalue weighted by atomic mass is 16.5. The number of rotatable bonds is 3. The highest BCUT2D eigenvalue weighted by Crippen LogP contribution is 2.41. The molecule has 162 valence electrons. The number of anilines is 3. The lowest BCUT2D eigenvalue weighted by Gasteiger charge is -2.41. The molecular formula is C21H27N9O. The molecule has 1 spiro atoms. The van der Waals surface area contributed by atoms with Crippen LogP contribution in [0.2, 0.25) is 0 Å². The van der Waals surface area contributed by atoms with Crippen molar-refractivity contribution in [3.05, 3.63) is 36.4 Å². The molecule has 2 aliphatic heterocycles. The molecule has 0 saturated carbocycles. The van der Waals surface area contributed by atoms with Crippen LogP contribution < -0.4 is 21.7 Å². The molecule has 3 aromatic heterocycles. The second-order valence-electron chi connectivity index (χ2n) is 8.45. The molecule has 2 aliphatic rings. The first-order valence-electron chi connectivity index (χ1n) is 10.5. The van der Waals surface area contributed by atoms with Gasteiger partial charge in [0.15, 0.2) is 11.7 Å². The van der Waals surface area contributed by atoms with Gasteiger partial charge in [0.1, 0.15) is 17.2 Å². The number of aromatic nitrogens is 4. The molecule has 5 heterocycles. The van der Waals surface area contributed by atoms with E-state index in [4.69, 9.17) is 21.6 Å². The van der Waals surface area contributed by atoms with Gasteiger partial charge in [-0.1, -0.05) is 0 Å². The molecular weight excluding hydrogens is 394 g/mol. The Morgan fingerprint density at radius 1 is 1.32 bits per heavy atom. The molecule has 3 aromatic rings. The summed E-state index contributed by atoms with van der Waals surface area (Å²) in [5.41, 5.74) is 14.5. The van der Waals surface area contributed by atoms with Gasteiger partial charge in [0.25, 0.3) is 0 Å². The summed E-state index contributed by atoms with van der Waals surface area (Å²) in [6, 6.07) is 3.78. The molecule has 10 heteroatoms. The van der Waals surface area contributed by atoms with Gasteiger partial charge < -0.3 is 31.4 Å². The maximum Gasteiger partial charge on any atom is 0.155 e. The number of aromatic amines is 1. The molecule has 5 rings (SSSR count). The largest absolute Gasteiger partial charge is 0.382 e. The van der Waals surface area contributed by atoms with Gasteiger partial charge in [-0.15, -0.1) is 0 Å². The van der Waals surface area contributed by atoms with Crippen molar-refractivity contribution in [1.82, 2.24) is 19.9 Å². The molecule has 0 radical (unpaired) electrons. The third-order valence-electron chi connectivity index (χ3n) is 6.67. The Labute approximate surface area is 179 Å². The lowest BCUT2D eigenvalue weighted by molar-refractivity contribution is 0.0974. The van der Waals surface area contributed by atoms with Crippen molar-refractivity contribution in [3.8, 4) is 0 Å². The van der Waals surface area contributed by atoms with Gasteiger partial charge in [0, 0.05) is 42.3 Å². The maximum absolute atomic E-state index is 8.44. The van der Waals surface area contributed by atoms with Gasteiger partial charge >= 0.3 is 0 Å². The number of piperidine rings is 1. The van der Waals surface area contributed by atoms with Crippen LogP contribution in [0.4, 0.5) is 17.3 Å². The highest BCUT2D eigenvalue weighted by Gasteiger charge is 2.47. The Morgan fingerprint density at radius 3 is 2.84 bits per heavy atom. The first-order chi connectivity index (χ1) is 15.0. The molecule has 2 atom stereocenters. The number of nitrogens with zero attached hydrogens (tertiary/aromatic N) is 4. The molecule has 0 aliphatic carbocycles. The summed E-state index contributed by atoms with van der Waals surface area (Å²) in [7, 11) is 0. The van der Waals surface area contributed by atoms with Crippen LogP contribution in [0, 0.1) is 10.8 Å². The number of pyridine rings is 1. The van der Waals surface area contributed by atoms with Gasteiger partial charge in [-0.25, -0.2) is 15.0 Å². The van der Waals surface area contributed by atoms with E-state index >= 15 is 0 Å². The standard InChI is InChI=1S/C21H27N9O/c1-12-17(22)21(11-31-12)4-8-30(9-5-21)15-10-27-16(19(24)29-15)18(23)28-14-3-7-26-20-13(14)2-6-25-20/h2-3,6-7,10,12,17H,4-5,8-9,11,22H2,1H3,(H2,24,29)(H3,23,25,26,28)/t12-,17+/m0/s1. The van der Waals surface area contributed by atoms with E-state index in [2.05, 4.69) is 30.2 Å². The quantitative estimate of drug-likeness (QED) is 0.316.